The lowest BCUT2D eigenvalue weighted by Crippen LogP contribution is -2.28. The molecule has 1 aliphatic rings. The minimum atomic E-state index is 1.13. The van der Waals surface area contributed by atoms with Crippen LogP contribution >= 0.6 is 0 Å². The van der Waals surface area contributed by atoms with Crippen LogP contribution < -0.4 is 5.32 Å². The van der Waals surface area contributed by atoms with Crippen LogP contribution in [0.3, 0.4) is 0 Å². The third-order valence-electron chi connectivity index (χ3n) is 2.19. The largest absolute Gasteiger partial charge is 0.315 e. The number of nitrogens with one attached hydrogen (secondary N) is 1. The molecule has 70 valence electrons. The van der Waals surface area contributed by atoms with Crippen LogP contribution in [0.15, 0.2) is 11.6 Å². The molecule has 2 heteroatoms. The van der Waals surface area contributed by atoms with Gasteiger partial charge in [0.2, 0.25) is 0 Å². The van der Waals surface area contributed by atoms with Crippen LogP contribution in [0.2, 0.25) is 0 Å². The van der Waals surface area contributed by atoms with E-state index >= 15 is 0 Å². The predicted molar refractivity (Wildman–Crippen MR) is 53.4 cm³/mol. The van der Waals surface area contributed by atoms with E-state index in [9.17, 15) is 0 Å². The number of allylic oxidation sites excluding steroid dienone is 1. The fourth-order valence-corrected chi connectivity index (χ4v) is 1.40. The molecule has 1 rings (SSSR count). The van der Waals surface area contributed by atoms with Crippen LogP contribution in [-0.4, -0.2) is 37.6 Å². The average Bonchev–Trinajstić information content (AvgIpc) is 2.28. The topological polar surface area (TPSA) is 15.3 Å². The van der Waals surface area contributed by atoms with E-state index in [1.165, 1.54) is 31.6 Å². The van der Waals surface area contributed by atoms with Crippen molar-refractivity contribution in [3.8, 4) is 0 Å². The van der Waals surface area contributed by atoms with Crippen molar-refractivity contribution in [2.45, 2.75) is 20.3 Å². The molecule has 1 N–H and O–H groups in total. The first kappa shape index (κ1) is 9.75. The van der Waals surface area contributed by atoms with Crippen LogP contribution in [0.5, 0.6) is 0 Å². The Kier molecular flexibility index (Phi) is 4.33. The summed E-state index contributed by atoms with van der Waals surface area (Å²) < 4.78 is 0. The van der Waals surface area contributed by atoms with Gasteiger partial charge >= 0.3 is 0 Å². The van der Waals surface area contributed by atoms with E-state index in [0.29, 0.717) is 0 Å². The number of nitrogens with zero attached hydrogens (tertiary/aromatic N) is 1. The smallest absolute Gasteiger partial charge is 0.0166 e. The third kappa shape index (κ3) is 3.88. The molecule has 0 amide bonds. The molecule has 0 unspecified atom stereocenters. The summed E-state index contributed by atoms with van der Waals surface area (Å²) in [5, 5.41) is 3.40. The lowest BCUT2D eigenvalue weighted by atomic mass is 10.3. The van der Waals surface area contributed by atoms with E-state index in [-0.39, 0.29) is 0 Å². The average molecular weight is 168 g/mol. The summed E-state index contributed by atoms with van der Waals surface area (Å²) in [4.78, 5) is 2.51. The Bertz CT molecular complexity index is 140. The highest BCUT2D eigenvalue weighted by Gasteiger charge is 2.05. The zero-order valence-corrected chi connectivity index (χ0v) is 8.27. The lowest BCUT2D eigenvalue weighted by Gasteiger charge is -2.16. The molecule has 1 aliphatic heterocycles. The summed E-state index contributed by atoms with van der Waals surface area (Å²) in [5.41, 5.74) is 1.42. The zero-order chi connectivity index (χ0) is 8.81. The summed E-state index contributed by atoms with van der Waals surface area (Å²) in [6.07, 6.45) is 3.60. The first-order chi connectivity index (χ1) is 5.79. The summed E-state index contributed by atoms with van der Waals surface area (Å²) in [7, 11) is 0. The summed E-state index contributed by atoms with van der Waals surface area (Å²) >= 11 is 0. The minimum absolute atomic E-state index is 1.13. The fourth-order valence-electron chi connectivity index (χ4n) is 1.40. The monoisotopic (exact) mass is 168 g/mol. The van der Waals surface area contributed by atoms with Gasteiger partial charge in [0.1, 0.15) is 0 Å². The van der Waals surface area contributed by atoms with Crippen molar-refractivity contribution in [3.05, 3.63) is 11.6 Å². The molecule has 0 aromatic heterocycles. The standard InChI is InChI=1S/C10H20N2/c1-10(2)4-8-12-7-3-5-11-6-9-12/h4,11H,3,5-9H2,1-2H3. The first-order valence-corrected chi connectivity index (χ1v) is 4.85. The maximum absolute atomic E-state index is 3.40. The summed E-state index contributed by atoms with van der Waals surface area (Å²) in [6, 6.07) is 0. The van der Waals surface area contributed by atoms with Crippen LogP contribution in [0.4, 0.5) is 0 Å². The van der Waals surface area contributed by atoms with Crippen molar-refractivity contribution in [2.24, 2.45) is 0 Å². The molecule has 2 nitrogen and oxygen atoms in total. The summed E-state index contributed by atoms with van der Waals surface area (Å²) in [6.45, 7) is 10.2. The highest BCUT2D eigenvalue weighted by molar-refractivity contribution is 4.95. The maximum Gasteiger partial charge on any atom is 0.0166 e. The van der Waals surface area contributed by atoms with Gasteiger partial charge in [-0.3, -0.25) is 4.90 Å². The van der Waals surface area contributed by atoms with Gasteiger partial charge in [0.05, 0.1) is 0 Å². The van der Waals surface area contributed by atoms with Gasteiger partial charge < -0.3 is 5.32 Å². The molecular weight excluding hydrogens is 148 g/mol. The van der Waals surface area contributed by atoms with Crippen molar-refractivity contribution < 1.29 is 0 Å². The fraction of sp³-hybridized carbons (Fsp3) is 0.800. The molecule has 0 radical (unpaired) electrons. The van der Waals surface area contributed by atoms with Gasteiger partial charge in [-0.2, -0.15) is 0 Å². The SMILES string of the molecule is CC(C)=CCN1CCCNCC1. The Balaban J connectivity index is 2.25. The van der Waals surface area contributed by atoms with Crippen molar-refractivity contribution in [3.63, 3.8) is 0 Å². The van der Waals surface area contributed by atoms with Gasteiger partial charge in [0, 0.05) is 19.6 Å². The van der Waals surface area contributed by atoms with Gasteiger partial charge in [-0.1, -0.05) is 11.6 Å². The van der Waals surface area contributed by atoms with Crippen LogP contribution in [0.25, 0.3) is 0 Å². The Labute approximate surface area is 75.6 Å². The van der Waals surface area contributed by atoms with Gasteiger partial charge in [-0.05, 0) is 33.4 Å². The van der Waals surface area contributed by atoms with Crippen LogP contribution in [0, 0.1) is 0 Å². The quantitative estimate of drug-likeness (QED) is 0.624. The molecule has 12 heavy (non-hydrogen) atoms. The molecule has 0 bridgehead atoms. The number of hydrogen-bond acceptors (Lipinski definition) is 2. The second-order valence-corrected chi connectivity index (χ2v) is 3.69. The minimum Gasteiger partial charge on any atom is -0.315 e. The molecule has 0 atom stereocenters. The van der Waals surface area contributed by atoms with Crippen LogP contribution in [-0.2, 0) is 0 Å². The van der Waals surface area contributed by atoms with Gasteiger partial charge in [-0.15, -0.1) is 0 Å². The van der Waals surface area contributed by atoms with E-state index in [1.807, 2.05) is 0 Å². The third-order valence-corrected chi connectivity index (χ3v) is 2.19. The van der Waals surface area contributed by atoms with Crippen molar-refractivity contribution in [1.82, 2.24) is 10.2 Å². The highest BCUT2D eigenvalue weighted by Crippen LogP contribution is 1.97. The molecule has 1 heterocycles. The molecule has 0 aromatic rings. The molecule has 1 fully saturated rings. The lowest BCUT2D eigenvalue weighted by molar-refractivity contribution is 0.323. The molecule has 1 saturated heterocycles. The van der Waals surface area contributed by atoms with E-state index in [0.717, 1.165) is 13.1 Å². The van der Waals surface area contributed by atoms with E-state index in [1.54, 1.807) is 0 Å². The second-order valence-electron chi connectivity index (χ2n) is 3.69. The van der Waals surface area contributed by atoms with E-state index in [4.69, 9.17) is 0 Å². The Morgan fingerprint density at radius 1 is 1.33 bits per heavy atom. The predicted octanol–water partition coefficient (Wildman–Crippen LogP) is 1.25. The Hall–Kier alpha value is -0.340. The van der Waals surface area contributed by atoms with Crippen molar-refractivity contribution >= 4 is 0 Å². The Morgan fingerprint density at radius 3 is 2.92 bits per heavy atom. The molecule has 0 spiro atoms. The maximum atomic E-state index is 3.40. The van der Waals surface area contributed by atoms with E-state index in [2.05, 4.69) is 30.1 Å². The highest BCUT2D eigenvalue weighted by atomic mass is 15.1. The van der Waals surface area contributed by atoms with Gasteiger partial charge in [0.25, 0.3) is 0 Å². The molecule has 0 saturated carbocycles. The first-order valence-electron chi connectivity index (χ1n) is 4.85. The number of rotatable bonds is 2. The molecule has 0 aliphatic carbocycles. The molecular formula is C10H20N2. The van der Waals surface area contributed by atoms with E-state index < -0.39 is 0 Å². The van der Waals surface area contributed by atoms with Crippen molar-refractivity contribution in [2.75, 3.05) is 32.7 Å². The van der Waals surface area contributed by atoms with Gasteiger partial charge in [0.15, 0.2) is 0 Å². The van der Waals surface area contributed by atoms with Gasteiger partial charge in [-0.25, -0.2) is 0 Å². The van der Waals surface area contributed by atoms with Crippen LogP contribution in [0.1, 0.15) is 20.3 Å². The zero-order valence-electron chi connectivity index (χ0n) is 8.27. The number of hydrogen-bond donors (Lipinski definition) is 1. The van der Waals surface area contributed by atoms with Crippen molar-refractivity contribution in [1.29, 1.82) is 0 Å². The normalized spacial score (nSPS) is 20.2. The Morgan fingerprint density at radius 2 is 2.17 bits per heavy atom. The second kappa shape index (κ2) is 5.33. The molecule has 0 aromatic carbocycles. The summed E-state index contributed by atoms with van der Waals surface area (Å²) in [5.74, 6) is 0.